The molecule has 0 aliphatic heterocycles. The van der Waals surface area contributed by atoms with Crippen LogP contribution in [-0.2, 0) is 0 Å². The number of nitro groups is 1. The van der Waals surface area contributed by atoms with Gasteiger partial charge in [-0.1, -0.05) is 0 Å². The Morgan fingerprint density at radius 2 is 2.12 bits per heavy atom. The summed E-state index contributed by atoms with van der Waals surface area (Å²) in [5, 5.41) is 10.5. The minimum Gasteiger partial charge on any atom is -0.493 e. The van der Waals surface area contributed by atoms with Gasteiger partial charge in [0.15, 0.2) is 11.5 Å². The average molecular weight is 249 g/mol. The summed E-state index contributed by atoms with van der Waals surface area (Å²) < 4.78 is 10.2. The molecule has 0 aliphatic rings. The van der Waals surface area contributed by atoms with Gasteiger partial charge in [-0.2, -0.15) is 0 Å². The largest absolute Gasteiger partial charge is 0.493 e. The molecular weight excluding hydrogens is 236 g/mol. The average Bonchev–Trinajstić information content (AvgIpc) is 2.25. The maximum atomic E-state index is 10.5. The standard InChI is InChI=1S/C9H12N2O4.ClH/c1-14-8-3-2-7(11(12)13)6-9(8)15-5-4-10;/h2-3,6H,4-5,10H2,1H3;1H. The number of rotatable bonds is 5. The minimum atomic E-state index is -0.491. The SMILES string of the molecule is COc1ccc([N+](=O)[O-])cc1OCCN.Cl. The summed E-state index contributed by atoms with van der Waals surface area (Å²) >= 11 is 0. The molecule has 0 fully saturated rings. The fraction of sp³-hybridized carbons (Fsp3) is 0.333. The molecule has 1 rings (SSSR count). The van der Waals surface area contributed by atoms with Crippen LogP contribution < -0.4 is 15.2 Å². The Labute approximate surface area is 98.9 Å². The van der Waals surface area contributed by atoms with Gasteiger partial charge in [-0.25, -0.2) is 0 Å². The van der Waals surface area contributed by atoms with Gasteiger partial charge < -0.3 is 15.2 Å². The molecule has 0 radical (unpaired) electrons. The Hall–Kier alpha value is -1.53. The van der Waals surface area contributed by atoms with E-state index in [9.17, 15) is 10.1 Å². The van der Waals surface area contributed by atoms with E-state index < -0.39 is 4.92 Å². The fourth-order valence-electron chi connectivity index (χ4n) is 1.06. The zero-order chi connectivity index (χ0) is 11.3. The normalized spacial score (nSPS) is 9.12. The van der Waals surface area contributed by atoms with Crippen molar-refractivity contribution in [1.29, 1.82) is 0 Å². The predicted molar refractivity (Wildman–Crippen MR) is 61.4 cm³/mol. The number of nitro benzene ring substituents is 1. The smallest absolute Gasteiger partial charge is 0.273 e. The van der Waals surface area contributed by atoms with Gasteiger partial charge in [0, 0.05) is 12.6 Å². The van der Waals surface area contributed by atoms with Crippen molar-refractivity contribution < 1.29 is 14.4 Å². The van der Waals surface area contributed by atoms with E-state index >= 15 is 0 Å². The molecule has 0 heterocycles. The van der Waals surface area contributed by atoms with Crippen molar-refractivity contribution in [1.82, 2.24) is 0 Å². The quantitative estimate of drug-likeness (QED) is 0.628. The van der Waals surface area contributed by atoms with Crippen LogP contribution in [0.5, 0.6) is 11.5 Å². The van der Waals surface area contributed by atoms with Crippen molar-refractivity contribution in [2.24, 2.45) is 5.73 Å². The third kappa shape index (κ3) is 3.56. The van der Waals surface area contributed by atoms with E-state index in [0.29, 0.717) is 18.0 Å². The lowest BCUT2D eigenvalue weighted by molar-refractivity contribution is -0.385. The van der Waals surface area contributed by atoms with Crippen LogP contribution in [0.2, 0.25) is 0 Å². The zero-order valence-electron chi connectivity index (χ0n) is 8.71. The molecule has 0 aromatic heterocycles. The highest BCUT2D eigenvalue weighted by Gasteiger charge is 2.11. The van der Waals surface area contributed by atoms with Gasteiger partial charge in [-0.3, -0.25) is 10.1 Å². The summed E-state index contributed by atoms with van der Waals surface area (Å²) in [6.45, 7) is 0.628. The molecule has 1 aromatic carbocycles. The van der Waals surface area contributed by atoms with Crippen molar-refractivity contribution in [3.63, 3.8) is 0 Å². The highest BCUT2D eigenvalue weighted by molar-refractivity contribution is 5.85. The first kappa shape index (κ1) is 14.5. The van der Waals surface area contributed by atoms with Crippen molar-refractivity contribution in [2.45, 2.75) is 0 Å². The first-order valence-electron chi connectivity index (χ1n) is 4.34. The third-order valence-electron chi connectivity index (χ3n) is 1.73. The molecule has 6 nitrogen and oxygen atoms in total. The topological polar surface area (TPSA) is 87.6 Å². The Morgan fingerprint density at radius 3 is 2.62 bits per heavy atom. The van der Waals surface area contributed by atoms with Crippen LogP contribution in [0.1, 0.15) is 0 Å². The third-order valence-corrected chi connectivity index (χ3v) is 1.73. The number of ether oxygens (including phenoxy) is 2. The van der Waals surface area contributed by atoms with Gasteiger partial charge in [0.25, 0.3) is 5.69 Å². The van der Waals surface area contributed by atoms with Gasteiger partial charge in [0.05, 0.1) is 18.1 Å². The molecule has 0 bridgehead atoms. The molecule has 2 N–H and O–H groups in total. The van der Waals surface area contributed by atoms with Gasteiger partial charge in [-0.15, -0.1) is 12.4 Å². The molecule has 16 heavy (non-hydrogen) atoms. The summed E-state index contributed by atoms with van der Waals surface area (Å²) in [7, 11) is 1.47. The van der Waals surface area contributed by atoms with Crippen LogP contribution in [0.4, 0.5) is 5.69 Å². The molecule has 0 saturated carbocycles. The second-order valence-electron chi connectivity index (χ2n) is 2.73. The summed E-state index contributed by atoms with van der Waals surface area (Å²) in [5.41, 5.74) is 5.23. The maximum Gasteiger partial charge on any atom is 0.273 e. The van der Waals surface area contributed by atoms with Gasteiger partial charge in [-0.05, 0) is 6.07 Å². The van der Waals surface area contributed by atoms with E-state index in [1.165, 1.54) is 25.3 Å². The molecule has 0 amide bonds. The first-order chi connectivity index (χ1) is 7.19. The lowest BCUT2D eigenvalue weighted by Crippen LogP contribution is -2.11. The Kier molecular flexibility index (Phi) is 6.21. The zero-order valence-corrected chi connectivity index (χ0v) is 9.53. The van der Waals surface area contributed by atoms with Crippen LogP contribution in [0.15, 0.2) is 18.2 Å². The number of hydrogen-bond donors (Lipinski definition) is 1. The van der Waals surface area contributed by atoms with Crippen LogP contribution in [0, 0.1) is 10.1 Å². The second kappa shape index (κ2) is 6.86. The molecule has 0 atom stereocenters. The minimum absolute atomic E-state index is 0. The maximum absolute atomic E-state index is 10.5. The van der Waals surface area contributed by atoms with Crippen molar-refractivity contribution in [2.75, 3.05) is 20.3 Å². The van der Waals surface area contributed by atoms with E-state index in [2.05, 4.69) is 0 Å². The molecule has 0 aliphatic carbocycles. The first-order valence-corrected chi connectivity index (χ1v) is 4.34. The summed E-state index contributed by atoms with van der Waals surface area (Å²) in [5.74, 6) is 0.784. The van der Waals surface area contributed by atoms with Gasteiger partial charge >= 0.3 is 0 Å². The van der Waals surface area contributed by atoms with Crippen LogP contribution in [0.25, 0.3) is 0 Å². The van der Waals surface area contributed by atoms with Crippen molar-refractivity contribution in [3.8, 4) is 11.5 Å². The number of nitrogens with zero attached hydrogens (tertiary/aromatic N) is 1. The molecule has 7 heteroatoms. The van der Waals surface area contributed by atoms with E-state index in [0.717, 1.165) is 0 Å². The van der Waals surface area contributed by atoms with E-state index in [-0.39, 0.29) is 24.7 Å². The second-order valence-corrected chi connectivity index (χ2v) is 2.73. The number of benzene rings is 1. The van der Waals surface area contributed by atoms with Crippen molar-refractivity contribution in [3.05, 3.63) is 28.3 Å². The number of halogens is 1. The van der Waals surface area contributed by atoms with Crippen LogP contribution >= 0.6 is 12.4 Å². The summed E-state index contributed by atoms with van der Waals surface area (Å²) in [4.78, 5) is 10.0. The lowest BCUT2D eigenvalue weighted by Gasteiger charge is -2.08. The summed E-state index contributed by atoms with van der Waals surface area (Å²) in [6, 6.07) is 4.16. The number of non-ortho nitro benzene ring substituents is 1. The molecule has 90 valence electrons. The highest BCUT2D eigenvalue weighted by Crippen LogP contribution is 2.30. The van der Waals surface area contributed by atoms with E-state index in [4.69, 9.17) is 15.2 Å². The lowest BCUT2D eigenvalue weighted by atomic mass is 10.3. The summed E-state index contributed by atoms with van der Waals surface area (Å²) in [6.07, 6.45) is 0. The van der Waals surface area contributed by atoms with Crippen LogP contribution in [-0.4, -0.2) is 25.2 Å². The van der Waals surface area contributed by atoms with E-state index in [1.807, 2.05) is 0 Å². The monoisotopic (exact) mass is 248 g/mol. The Balaban J connectivity index is 0.00000225. The molecule has 1 aromatic rings. The Bertz CT molecular complexity index is 359. The number of methoxy groups -OCH3 is 1. The number of nitrogens with two attached hydrogens (primary N) is 1. The number of hydrogen-bond acceptors (Lipinski definition) is 5. The predicted octanol–water partition coefficient (Wildman–Crippen LogP) is 1.36. The van der Waals surface area contributed by atoms with Gasteiger partial charge in [0.2, 0.25) is 0 Å². The molecular formula is C9H13ClN2O4. The van der Waals surface area contributed by atoms with Crippen LogP contribution in [0.3, 0.4) is 0 Å². The van der Waals surface area contributed by atoms with E-state index in [1.54, 1.807) is 0 Å². The molecule has 0 unspecified atom stereocenters. The Morgan fingerprint density at radius 1 is 1.44 bits per heavy atom. The molecule has 0 spiro atoms. The van der Waals surface area contributed by atoms with Crippen molar-refractivity contribution >= 4 is 18.1 Å². The molecule has 0 saturated heterocycles. The highest BCUT2D eigenvalue weighted by atomic mass is 35.5. The fourth-order valence-corrected chi connectivity index (χ4v) is 1.06. The van der Waals surface area contributed by atoms with Gasteiger partial charge in [0.1, 0.15) is 6.61 Å².